The van der Waals surface area contributed by atoms with Crippen LogP contribution in [-0.4, -0.2) is 58.7 Å². The normalized spacial score (nSPS) is 29.6. The SMILES string of the molecule is N#Cc1nccc2c1CC(CNC1CC3(C1)CN(c1ccc4c(n1)NC(=O)CO4)C(O)O3)C2. The molecule has 4 heterocycles. The summed E-state index contributed by atoms with van der Waals surface area (Å²) in [6.07, 6.45) is 4.08. The number of rotatable bonds is 4. The predicted molar refractivity (Wildman–Crippen MR) is 116 cm³/mol. The smallest absolute Gasteiger partial charge is 0.263 e. The number of nitriles is 1. The van der Waals surface area contributed by atoms with E-state index in [-0.39, 0.29) is 12.5 Å². The molecule has 0 radical (unpaired) electrons. The van der Waals surface area contributed by atoms with Crippen LogP contribution in [0.15, 0.2) is 24.4 Å². The Balaban J connectivity index is 1.04. The summed E-state index contributed by atoms with van der Waals surface area (Å²) in [4.78, 5) is 21.9. The third-order valence-electron chi connectivity index (χ3n) is 7.03. The molecule has 10 heteroatoms. The number of anilines is 2. The Bertz CT molecular complexity index is 1160. The number of aromatic nitrogens is 2. The lowest BCUT2D eigenvalue weighted by atomic mass is 9.75. The van der Waals surface area contributed by atoms with Gasteiger partial charge < -0.3 is 30.1 Å². The first-order valence-electron chi connectivity index (χ1n) is 11.2. The fourth-order valence-corrected chi connectivity index (χ4v) is 5.43. The van der Waals surface area contributed by atoms with Crippen LogP contribution in [0.1, 0.15) is 29.7 Å². The summed E-state index contributed by atoms with van der Waals surface area (Å²) in [5.41, 5.74) is 2.46. The van der Waals surface area contributed by atoms with Crippen LogP contribution >= 0.6 is 0 Å². The van der Waals surface area contributed by atoms with Gasteiger partial charge in [0.2, 0.25) is 6.41 Å². The molecule has 1 amide bonds. The molecule has 10 nitrogen and oxygen atoms in total. The maximum absolute atomic E-state index is 11.6. The van der Waals surface area contributed by atoms with Gasteiger partial charge in [-0.25, -0.2) is 9.97 Å². The van der Waals surface area contributed by atoms with Gasteiger partial charge in [-0.2, -0.15) is 5.26 Å². The van der Waals surface area contributed by atoms with Gasteiger partial charge in [-0.15, -0.1) is 0 Å². The first kappa shape index (κ1) is 20.4. The van der Waals surface area contributed by atoms with Gasteiger partial charge in [-0.1, -0.05) is 0 Å². The number of pyridine rings is 2. The molecular weight excluding hydrogens is 424 g/mol. The molecule has 4 aliphatic rings. The Morgan fingerprint density at radius 2 is 2.21 bits per heavy atom. The Morgan fingerprint density at radius 1 is 1.33 bits per heavy atom. The summed E-state index contributed by atoms with van der Waals surface area (Å²) in [5.74, 6) is 1.61. The summed E-state index contributed by atoms with van der Waals surface area (Å²) in [7, 11) is 0. The van der Waals surface area contributed by atoms with E-state index in [1.165, 1.54) is 5.56 Å². The van der Waals surface area contributed by atoms with Gasteiger partial charge in [-0.05, 0) is 67.5 Å². The number of carbonyl (C=O) groups is 1. The van der Waals surface area contributed by atoms with Crippen LogP contribution in [-0.2, 0) is 22.4 Å². The molecular formula is C23H24N6O4. The molecule has 2 aromatic rings. The zero-order chi connectivity index (χ0) is 22.6. The first-order valence-corrected chi connectivity index (χ1v) is 11.2. The molecule has 2 aliphatic carbocycles. The van der Waals surface area contributed by atoms with Gasteiger partial charge in [0.05, 0.1) is 12.1 Å². The van der Waals surface area contributed by atoms with Gasteiger partial charge in [0.1, 0.15) is 17.6 Å². The lowest BCUT2D eigenvalue weighted by Gasteiger charge is -2.44. The van der Waals surface area contributed by atoms with Crippen molar-refractivity contribution in [3.8, 4) is 11.8 Å². The van der Waals surface area contributed by atoms with E-state index in [1.807, 2.05) is 6.07 Å². The molecule has 33 heavy (non-hydrogen) atoms. The van der Waals surface area contributed by atoms with Gasteiger partial charge in [0.15, 0.2) is 18.2 Å². The third-order valence-corrected chi connectivity index (χ3v) is 7.03. The lowest BCUT2D eigenvalue weighted by molar-refractivity contribution is -0.170. The van der Waals surface area contributed by atoms with Crippen LogP contribution in [0.4, 0.5) is 11.6 Å². The monoisotopic (exact) mass is 448 g/mol. The second-order valence-electron chi connectivity index (χ2n) is 9.30. The van der Waals surface area contributed by atoms with Crippen molar-refractivity contribution in [2.24, 2.45) is 5.92 Å². The average molecular weight is 448 g/mol. The van der Waals surface area contributed by atoms with Crippen LogP contribution in [0.2, 0.25) is 0 Å². The van der Waals surface area contributed by atoms with Crippen LogP contribution in [0.25, 0.3) is 0 Å². The number of nitrogens with zero attached hydrogens (tertiary/aromatic N) is 4. The van der Waals surface area contributed by atoms with Crippen LogP contribution < -0.4 is 20.3 Å². The second-order valence-corrected chi connectivity index (χ2v) is 9.30. The van der Waals surface area contributed by atoms with Gasteiger partial charge in [0.25, 0.3) is 5.91 Å². The summed E-state index contributed by atoms with van der Waals surface area (Å²) < 4.78 is 11.3. The maximum Gasteiger partial charge on any atom is 0.263 e. The summed E-state index contributed by atoms with van der Waals surface area (Å²) in [6, 6.07) is 8.04. The Kier molecular flexibility index (Phi) is 4.72. The van der Waals surface area contributed by atoms with E-state index in [9.17, 15) is 15.2 Å². The quantitative estimate of drug-likeness (QED) is 0.618. The van der Waals surface area contributed by atoms with Crippen molar-refractivity contribution in [1.82, 2.24) is 15.3 Å². The number of amides is 1. The molecule has 2 aliphatic heterocycles. The Morgan fingerprint density at radius 3 is 3.06 bits per heavy atom. The van der Waals surface area contributed by atoms with E-state index < -0.39 is 12.0 Å². The molecule has 1 spiro atoms. The summed E-state index contributed by atoms with van der Waals surface area (Å²) in [5, 5.41) is 26.1. The van der Waals surface area contributed by atoms with Crippen molar-refractivity contribution in [2.45, 2.75) is 43.7 Å². The molecule has 3 N–H and O–H groups in total. The number of ether oxygens (including phenoxy) is 2. The van der Waals surface area contributed by atoms with Crippen molar-refractivity contribution in [1.29, 1.82) is 5.26 Å². The highest BCUT2D eigenvalue weighted by Gasteiger charge is 2.53. The minimum absolute atomic E-state index is 0.0235. The average Bonchev–Trinajstić information content (AvgIpc) is 3.37. The van der Waals surface area contributed by atoms with Gasteiger partial charge in [0, 0.05) is 12.2 Å². The minimum atomic E-state index is -1.09. The number of carbonyl (C=O) groups excluding carboxylic acids is 1. The van der Waals surface area contributed by atoms with Gasteiger partial charge in [-0.3, -0.25) is 4.79 Å². The van der Waals surface area contributed by atoms with Gasteiger partial charge >= 0.3 is 0 Å². The zero-order valence-electron chi connectivity index (χ0n) is 18.0. The first-order chi connectivity index (χ1) is 16.0. The van der Waals surface area contributed by atoms with E-state index in [0.29, 0.717) is 41.6 Å². The molecule has 0 aromatic carbocycles. The molecule has 2 atom stereocenters. The predicted octanol–water partition coefficient (Wildman–Crippen LogP) is 0.697. The largest absolute Gasteiger partial charge is 0.480 e. The van der Waals surface area contributed by atoms with E-state index in [2.05, 4.69) is 26.7 Å². The van der Waals surface area contributed by atoms with E-state index in [1.54, 1.807) is 23.2 Å². The van der Waals surface area contributed by atoms with Crippen molar-refractivity contribution in [3.05, 3.63) is 41.2 Å². The van der Waals surface area contributed by atoms with E-state index in [0.717, 1.165) is 37.8 Å². The minimum Gasteiger partial charge on any atom is -0.480 e. The molecule has 2 fully saturated rings. The Hall–Kier alpha value is -3.26. The molecule has 6 rings (SSSR count). The van der Waals surface area contributed by atoms with Crippen molar-refractivity contribution < 1.29 is 19.4 Å². The molecule has 0 bridgehead atoms. The van der Waals surface area contributed by atoms with Crippen molar-refractivity contribution in [3.63, 3.8) is 0 Å². The lowest BCUT2D eigenvalue weighted by Crippen LogP contribution is -2.56. The maximum atomic E-state index is 11.6. The molecule has 1 saturated heterocycles. The fourth-order valence-electron chi connectivity index (χ4n) is 5.43. The molecule has 2 unspecified atom stereocenters. The number of fused-ring (bicyclic) bond motifs is 2. The second kappa shape index (κ2) is 7.66. The number of hydrogen-bond acceptors (Lipinski definition) is 9. The van der Waals surface area contributed by atoms with Crippen molar-refractivity contribution in [2.75, 3.05) is 29.9 Å². The van der Waals surface area contributed by atoms with E-state index >= 15 is 0 Å². The number of aliphatic hydroxyl groups excluding tert-OH is 1. The topological polar surface area (TPSA) is 133 Å². The molecule has 2 aromatic heterocycles. The van der Waals surface area contributed by atoms with Crippen LogP contribution in [0, 0.1) is 17.2 Å². The third kappa shape index (κ3) is 3.58. The van der Waals surface area contributed by atoms with Crippen molar-refractivity contribution >= 4 is 17.5 Å². The summed E-state index contributed by atoms with van der Waals surface area (Å²) in [6.45, 7) is 1.38. The number of hydrogen-bond donors (Lipinski definition) is 3. The van der Waals surface area contributed by atoms with Crippen LogP contribution in [0.3, 0.4) is 0 Å². The Labute approximate surface area is 190 Å². The number of nitrogens with one attached hydrogen (secondary N) is 2. The van der Waals surface area contributed by atoms with Crippen LogP contribution in [0.5, 0.6) is 5.75 Å². The number of aliphatic hydroxyl groups is 1. The molecule has 170 valence electrons. The summed E-state index contributed by atoms with van der Waals surface area (Å²) >= 11 is 0. The fraction of sp³-hybridized carbons (Fsp3) is 0.478. The van der Waals surface area contributed by atoms with E-state index in [4.69, 9.17) is 9.47 Å². The standard InChI is InChI=1S/C23H24N6O4/c24-9-17-16-6-13(5-14(16)3-4-25-17)10-26-15-7-23(8-15)12-29(22(31)33-23)19-2-1-18-21(27-19)28-20(30)11-32-18/h1-4,13,15,22,26,31H,5-8,10-12H2,(H,27,28,30). The highest BCUT2D eigenvalue weighted by molar-refractivity contribution is 5.94. The molecule has 1 saturated carbocycles. The zero-order valence-corrected chi connectivity index (χ0v) is 18.0. The highest BCUT2D eigenvalue weighted by Crippen LogP contribution is 2.44. The highest BCUT2D eigenvalue weighted by atomic mass is 16.7.